The highest BCUT2D eigenvalue weighted by molar-refractivity contribution is 6.31. The lowest BCUT2D eigenvalue weighted by atomic mass is 9.48. The third-order valence-electron chi connectivity index (χ3n) is 21.8. The van der Waals surface area contributed by atoms with Crippen LogP contribution in [0.25, 0.3) is 82.6 Å². The zero-order valence-corrected chi connectivity index (χ0v) is 46.4. The highest BCUT2D eigenvalue weighted by Crippen LogP contribution is 2.70. The van der Waals surface area contributed by atoms with Crippen molar-refractivity contribution in [2.24, 2.45) is 17.8 Å². The summed E-state index contributed by atoms with van der Waals surface area (Å²) in [7, 11) is 0. The van der Waals surface area contributed by atoms with Crippen molar-refractivity contribution in [1.82, 2.24) is 4.40 Å². The number of aromatic nitrogens is 1. The summed E-state index contributed by atoms with van der Waals surface area (Å²) in [6, 6.07) is 85.0. The molecular formula is C80H51N3O2. The van der Waals surface area contributed by atoms with Gasteiger partial charge in [-0.2, -0.15) is 10.5 Å². The largest absolute Gasteiger partial charge is 0.457 e. The van der Waals surface area contributed by atoms with Gasteiger partial charge in [0.2, 0.25) is 0 Å². The maximum absolute atomic E-state index is 12.2. The Labute approximate surface area is 491 Å². The van der Waals surface area contributed by atoms with Crippen molar-refractivity contribution in [3.05, 3.63) is 280 Å². The molecule has 0 unspecified atom stereocenters. The van der Waals surface area contributed by atoms with Gasteiger partial charge in [0, 0.05) is 43.8 Å². The Morgan fingerprint density at radius 2 is 0.753 bits per heavy atom. The van der Waals surface area contributed by atoms with Gasteiger partial charge in [-0.05, 0) is 183 Å². The van der Waals surface area contributed by atoms with E-state index in [9.17, 15) is 10.5 Å². The molecule has 4 fully saturated rings. The summed E-state index contributed by atoms with van der Waals surface area (Å²) in [6.45, 7) is 0. The zero-order valence-electron chi connectivity index (χ0n) is 46.4. The second-order valence-corrected chi connectivity index (χ2v) is 25.7. The predicted molar refractivity (Wildman–Crippen MR) is 336 cm³/mol. The van der Waals surface area contributed by atoms with Gasteiger partial charge in [-0.15, -0.1) is 0 Å². The van der Waals surface area contributed by atoms with Crippen LogP contribution in [0.5, 0.6) is 23.0 Å². The van der Waals surface area contributed by atoms with E-state index >= 15 is 0 Å². The Balaban J connectivity index is 1.02. The lowest BCUT2D eigenvalue weighted by Gasteiger charge is -2.57. The third-order valence-corrected chi connectivity index (χ3v) is 21.8. The van der Waals surface area contributed by atoms with Crippen LogP contribution in [0, 0.1) is 40.4 Å². The summed E-state index contributed by atoms with van der Waals surface area (Å²) in [5.74, 6) is 5.32. The van der Waals surface area contributed by atoms with Crippen LogP contribution in [0.2, 0.25) is 0 Å². The standard InChI is InChI=1S/C80H51N3O2/c81-43-50-36-63-71(73-69-53(48-17-3-1-4-18-48)21-15-27-61(69)79(75(50)73)57-23-7-11-29-65(57)84-66-30-12-8-24-58(66)79)55-38-52(78-40-45-33-46(41-78)35-47(34-45)42-78)39-56-72-64(83(63)77(55)56)37-51(44-82)76-74(72)70-54(49-19-5-2-6-20-49)22-16-28-62(70)80(76)59-25-9-13-31-67(59)85-68-32-14-10-26-60(68)80/h1-32,36-39,45-47H,33-35,40-42H2. The number of nitriles is 2. The molecule has 4 saturated carbocycles. The number of hydrogen-bond acceptors (Lipinski definition) is 4. The molecule has 8 aliphatic rings. The highest BCUT2D eigenvalue weighted by atomic mass is 16.5. The van der Waals surface area contributed by atoms with Crippen molar-refractivity contribution in [3.8, 4) is 79.6 Å². The number of benzene rings is 11. The van der Waals surface area contributed by atoms with Gasteiger partial charge < -0.3 is 13.9 Å². The first-order valence-electron chi connectivity index (χ1n) is 30.3. The second-order valence-electron chi connectivity index (χ2n) is 25.7. The van der Waals surface area contributed by atoms with E-state index in [0.29, 0.717) is 11.1 Å². The second kappa shape index (κ2) is 16.1. The molecule has 0 amide bonds. The normalized spacial score (nSPS) is 20.5. The maximum Gasteiger partial charge on any atom is 0.132 e. The van der Waals surface area contributed by atoms with Crippen LogP contribution in [-0.2, 0) is 16.2 Å². The average Bonchev–Trinajstić information content (AvgIpc) is 1.51. The van der Waals surface area contributed by atoms with Crippen molar-refractivity contribution in [3.63, 3.8) is 0 Å². The SMILES string of the molecule is N#Cc1cc2c(c3c1C1(c4ccccc4Oc4ccccc41)c1cccc(-c4ccccc4)c1-3)c1cc(C34CC5CC(CC(C5)C3)C4)cc3c4c5c(c(C#N)cc4n2c13)C1(c2ccccc2Oc2ccccc21)c1cccc(-c2ccccc2)c1-5. The Hall–Kier alpha value is -10.2. The van der Waals surface area contributed by atoms with Crippen molar-refractivity contribution >= 4 is 38.1 Å². The van der Waals surface area contributed by atoms with Gasteiger partial charge in [-0.1, -0.05) is 170 Å². The van der Waals surface area contributed by atoms with Crippen molar-refractivity contribution < 1.29 is 9.47 Å². The quantitative estimate of drug-likeness (QED) is 0.177. The molecule has 2 aliphatic heterocycles. The first-order chi connectivity index (χ1) is 42.0. The highest BCUT2D eigenvalue weighted by Gasteiger charge is 2.57. The molecule has 4 heterocycles. The van der Waals surface area contributed by atoms with E-state index in [1.54, 1.807) is 0 Å². The van der Waals surface area contributed by atoms with Crippen LogP contribution in [0.15, 0.2) is 218 Å². The van der Waals surface area contributed by atoms with Gasteiger partial charge in [-0.25, -0.2) is 0 Å². The van der Waals surface area contributed by atoms with E-state index in [4.69, 9.17) is 9.47 Å². The lowest BCUT2D eigenvalue weighted by molar-refractivity contribution is -0.00508. The summed E-state index contributed by atoms with van der Waals surface area (Å²) in [5.41, 5.74) is 21.3. The van der Waals surface area contributed by atoms with Crippen LogP contribution in [-0.4, -0.2) is 4.40 Å². The van der Waals surface area contributed by atoms with E-state index < -0.39 is 10.8 Å². The average molecular weight is 1090 g/mol. The molecule has 5 heteroatoms. The molecule has 0 N–H and O–H groups in total. The topological polar surface area (TPSA) is 70.5 Å². The Kier molecular flexibility index (Phi) is 8.78. The molecule has 0 radical (unpaired) electrons. The van der Waals surface area contributed by atoms with Gasteiger partial charge in [0.25, 0.3) is 0 Å². The number of para-hydroxylation sites is 4. The summed E-state index contributed by atoms with van der Waals surface area (Å²) in [6.07, 6.45) is 7.62. The van der Waals surface area contributed by atoms with Gasteiger partial charge in [0.05, 0.1) is 50.6 Å². The summed E-state index contributed by atoms with van der Waals surface area (Å²) in [5, 5.41) is 29.2. The van der Waals surface area contributed by atoms with E-state index in [2.05, 4.69) is 235 Å². The molecule has 398 valence electrons. The maximum atomic E-state index is 12.2. The fraction of sp³-hybridized carbons (Fsp3) is 0.150. The Bertz CT molecular complexity index is 4840. The molecule has 13 aromatic rings. The number of rotatable bonds is 3. The molecular weight excluding hydrogens is 1030 g/mol. The Morgan fingerprint density at radius 3 is 1.14 bits per heavy atom. The number of nitrogens with zero attached hydrogens (tertiary/aromatic N) is 3. The summed E-state index contributed by atoms with van der Waals surface area (Å²) < 4.78 is 16.3. The molecule has 6 aliphatic carbocycles. The molecule has 2 spiro atoms. The molecule has 21 rings (SSSR count). The third kappa shape index (κ3) is 5.51. The van der Waals surface area contributed by atoms with E-state index in [1.165, 1.54) is 54.9 Å². The van der Waals surface area contributed by atoms with Crippen LogP contribution < -0.4 is 9.47 Å². The fourth-order valence-electron chi connectivity index (χ4n) is 19.5. The Morgan fingerprint density at radius 1 is 0.388 bits per heavy atom. The minimum Gasteiger partial charge on any atom is -0.457 e. The molecule has 11 aromatic carbocycles. The number of ether oxygens (including phenoxy) is 2. The summed E-state index contributed by atoms with van der Waals surface area (Å²) >= 11 is 0. The van der Waals surface area contributed by atoms with Gasteiger partial charge >= 0.3 is 0 Å². The molecule has 4 bridgehead atoms. The minimum absolute atomic E-state index is 0.0159. The van der Waals surface area contributed by atoms with Crippen LogP contribution in [0.1, 0.15) is 99.7 Å². The van der Waals surface area contributed by atoms with Gasteiger partial charge in [-0.3, -0.25) is 0 Å². The van der Waals surface area contributed by atoms with Crippen molar-refractivity contribution in [2.45, 2.75) is 54.8 Å². The molecule has 85 heavy (non-hydrogen) atoms. The van der Waals surface area contributed by atoms with Crippen LogP contribution >= 0.6 is 0 Å². The van der Waals surface area contributed by atoms with E-state index in [1.807, 2.05) is 0 Å². The van der Waals surface area contributed by atoms with Crippen LogP contribution in [0.4, 0.5) is 0 Å². The molecule has 0 atom stereocenters. The van der Waals surface area contributed by atoms with E-state index in [-0.39, 0.29) is 5.41 Å². The van der Waals surface area contributed by atoms with E-state index in [0.717, 1.165) is 157 Å². The first kappa shape index (κ1) is 46.3. The van der Waals surface area contributed by atoms with Gasteiger partial charge in [0.15, 0.2) is 0 Å². The number of fused-ring (bicyclic) bond motifs is 26. The fourth-order valence-corrected chi connectivity index (χ4v) is 19.5. The zero-order chi connectivity index (χ0) is 55.7. The lowest BCUT2D eigenvalue weighted by Crippen LogP contribution is -2.48. The van der Waals surface area contributed by atoms with Crippen LogP contribution in [0.3, 0.4) is 0 Å². The predicted octanol–water partition coefficient (Wildman–Crippen LogP) is 19.3. The monoisotopic (exact) mass is 1090 g/mol. The smallest absolute Gasteiger partial charge is 0.132 e. The van der Waals surface area contributed by atoms with Gasteiger partial charge in [0.1, 0.15) is 23.0 Å². The first-order valence-corrected chi connectivity index (χ1v) is 30.3. The molecule has 2 aromatic heterocycles. The number of hydrogen-bond donors (Lipinski definition) is 0. The minimum atomic E-state index is -0.909. The summed E-state index contributed by atoms with van der Waals surface area (Å²) in [4.78, 5) is 0. The molecule has 5 nitrogen and oxygen atoms in total. The molecule has 0 saturated heterocycles. The van der Waals surface area contributed by atoms with Crippen molar-refractivity contribution in [1.29, 1.82) is 10.5 Å². The van der Waals surface area contributed by atoms with Crippen molar-refractivity contribution in [2.75, 3.05) is 0 Å².